The molecule has 0 unspecified atom stereocenters. The van der Waals surface area contributed by atoms with Crippen molar-refractivity contribution in [2.75, 3.05) is 7.11 Å². The minimum atomic E-state index is -0.993. The molecule has 8 heteroatoms. The van der Waals surface area contributed by atoms with Gasteiger partial charge in [0, 0.05) is 38.2 Å². The Morgan fingerprint density at radius 2 is 2.25 bits per heavy atom. The van der Waals surface area contributed by atoms with Crippen molar-refractivity contribution in [1.29, 1.82) is 0 Å². The summed E-state index contributed by atoms with van der Waals surface area (Å²) in [6.45, 7) is 0. The van der Waals surface area contributed by atoms with E-state index in [1.165, 1.54) is 24.7 Å². The van der Waals surface area contributed by atoms with Crippen LogP contribution in [0, 0.1) is 0 Å². The Morgan fingerprint density at radius 1 is 1.46 bits per heavy atom. The summed E-state index contributed by atoms with van der Waals surface area (Å²) in [4.78, 5) is 16.7. The van der Waals surface area contributed by atoms with E-state index in [0.717, 1.165) is 30.9 Å². The molecule has 3 rings (SSSR count). The highest BCUT2D eigenvalue weighted by Gasteiger charge is 2.15. The van der Waals surface area contributed by atoms with Gasteiger partial charge >= 0.3 is 5.97 Å². The number of rotatable bonds is 5. The van der Waals surface area contributed by atoms with Crippen molar-refractivity contribution < 1.29 is 14.6 Å². The van der Waals surface area contributed by atoms with E-state index < -0.39 is 5.97 Å². The van der Waals surface area contributed by atoms with Crippen LogP contribution in [0.1, 0.15) is 5.69 Å². The second kappa shape index (κ2) is 7.08. The predicted molar refractivity (Wildman–Crippen MR) is 100 cm³/mol. The molecule has 0 aliphatic heterocycles. The molecule has 0 radical (unpaired) electrons. The molecule has 0 aliphatic carbocycles. The van der Waals surface area contributed by atoms with E-state index in [4.69, 9.17) is 4.74 Å². The fourth-order valence-corrected chi connectivity index (χ4v) is 4.41. The number of methoxy groups -OCH3 is 1. The summed E-state index contributed by atoms with van der Waals surface area (Å²) >= 11 is 8.46. The minimum Gasteiger partial charge on any atom is -0.504 e. The van der Waals surface area contributed by atoms with Gasteiger partial charge in [0.1, 0.15) is 0 Å². The second-order valence-corrected chi connectivity index (χ2v) is 7.60. The molecule has 0 saturated heterocycles. The largest absolute Gasteiger partial charge is 0.504 e. The molecule has 1 N–H and O–H groups in total. The van der Waals surface area contributed by atoms with Crippen molar-refractivity contribution in [1.82, 2.24) is 9.38 Å². The molecule has 2 heterocycles. The van der Waals surface area contributed by atoms with E-state index in [-0.39, 0.29) is 12.0 Å². The van der Waals surface area contributed by atoms with Gasteiger partial charge in [0.2, 0.25) is 0 Å². The fraction of sp³-hybridized carbons (Fsp3) is 0.125. The first kappa shape index (κ1) is 17.2. The number of benzene rings is 1. The van der Waals surface area contributed by atoms with E-state index in [1.54, 1.807) is 0 Å². The lowest BCUT2D eigenvalue weighted by Crippen LogP contribution is -2.05. The fourth-order valence-electron chi connectivity index (χ4n) is 2.29. The van der Waals surface area contributed by atoms with Crippen molar-refractivity contribution in [2.24, 2.45) is 0 Å². The third-order valence-electron chi connectivity index (χ3n) is 3.40. The van der Waals surface area contributed by atoms with Gasteiger partial charge in [0.05, 0.1) is 24.6 Å². The number of carboxylic acid groups (broad SMARTS) is 1. The van der Waals surface area contributed by atoms with Crippen LogP contribution in [0.2, 0.25) is 0 Å². The van der Waals surface area contributed by atoms with Crippen LogP contribution in [-0.2, 0) is 16.0 Å². The quantitative estimate of drug-likeness (QED) is 0.431. The number of hydrogen-bond acceptors (Lipinski definition) is 4. The Morgan fingerprint density at radius 3 is 2.92 bits per heavy atom. The SMILES string of the molecule is CO/C=C(/Cc1csc2nc(-c3ccc(Br)cc3Br)cn12)C(=O)O. The zero-order chi connectivity index (χ0) is 17.3. The second-order valence-electron chi connectivity index (χ2n) is 4.99. The maximum atomic E-state index is 11.3. The number of nitrogens with zero attached hydrogens (tertiary/aromatic N) is 2. The molecule has 5 nitrogen and oxygen atoms in total. The molecular weight excluding hydrogens is 460 g/mol. The number of ether oxygens (including phenoxy) is 1. The zero-order valence-corrected chi connectivity index (χ0v) is 16.5. The number of fused-ring (bicyclic) bond motifs is 1. The monoisotopic (exact) mass is 470 g/mol. The maximum Gasteiger partial charge on any atom is 0.335 e. The van der Waals surface area contributed by atoms with Gasteiger partial charge in [-0.15, -0.1) is 11.3 Å². The molecule has 0 saturated carbocycles. The van der Waals surface area contributed by atoms with Crippen LogP contribution in [0.5, 0.6) is 0 Å². The summed E-state index contributed by atoms with van der Waals surface area (Å²) in [5, 5.41) is 11.2. The van der Waals surface area contributed by atoms with Crippen LogP contribution in [-0.4, -0.2) is 27.6 Å². The molecule has 124 valence electrons. The average molecular weight is 472 g/mol. The first-order valence-corrected chi connectivity index (χ1v) is 9.32. The van der Waals surface area contributed by atoms with Crippen molar-refractivity contribution in [3.63, 3.8) is 0 Å². The topological polar surface area (TPSA) is 63.8 Å². The van der Waals surface area contributed by atoms with Gasteiger partial charge in [0.15, 0.2) is 4.96 Å². The lowest BCUT2D eigenvalue weighted by Gasteiger charge is -2.02. The highest BCUT2D eigenvalue weighted by atomic mass is 79.9. The van der Waals surface area contributed by atoms with Gasteiger partial charge in [-0.3, -0.25) is 4.40 Å². The molecule has 3 aromatic rings. The summed E-state index contributed by atoms with van der Waals surface area (Å²) in [5.74, 6) is -0.993. The summed E-state index contributed by atoms with van der Waals surface area (Å²) in [7, 11) is 1.44. The molecule has 0 amide bonds. The molecule has 24 heavy (non-hydrogen) atoms. The minimum absolute atomic E-state index is 0.192. The Balaban J connectivity index is 2.00. The Hall–Kier alpha value is -1.64. The number of carbonyl (C=O) groups is 1. The number of aliphatic carboxylic acids is 1. The van der Waals surface area contributed by atoms with E-state index >= 15 is 0 Å². The molecule has 0 bridgehead atoms. The first-order chi connectivity index (χ1) is 11.5. The number of halogens is 2. The highest BCUT2D eigenvalue weighted by molar-refractivity contribution is 9.11. The molecule has 0 aliphatic rings. The van der Waals surface area contributed by atoms with Crippen LogP contribution in [0.25, 0.3) is 16.2 Å². The van der Waals surface area contributed by atoms with Gasteiger partial charge in [-0.2, -0.15) is 0 Å². The van der Waals surface area contributed by atoms with Gasteiger partial charge in [-0.25, -0.2) is 9.78 Å². The lowest BCUT2D eigenvalue weighted by molar-refractivity contribution is -0.132. The van der Waals surface area contributed by atoms with Gasteiger partial charge in [-0.1, -0.05) is 37.9 Å². The summed E-state index contributed by atoms with van der Waals surface area (Å²) < 4.78 is 8.69. The van der Waals surface area contributed by atoms with Crippen LogP contribution in [0.4, 0.5) is 0 Å². The Bertz CT molecular complexity index is 946. The molecule has 0 spiro atoms. The van der Waals surface area contributed by atoms with E-state index in [2.05, 4.69) is 36.8 Å². The zero-order valence-electron chi connectivity index (χ0n) is 12.5. The third-order valence-corrected chi connectivity index (χ3v) is 5.43. The third kappa shape index (κ3) is 3.40. The molecule has 1 aromatic carbocycles. The Kier molecular flexibility index (Phi) is 5.07. The molecule has 2 aromatic heterocycles. The number of imidazole rings is 1. The van der Waals surface area contributed by atoms with Crippen LogP contribution in [0.15, 0.2) is 50.6 Å². The molecular formula is C16H12Br2N2O3S. The Labute approximate surface area is 158 Å². The summed E-state index contributed by atoms with van der Waals surface area (Å²) in [6, 6.07) is 5.90. The maximum absolute atomic E-state index is 11.3. The van der Waals surface area contributed by atoms with Crippen LogP contribution in [0.3, 0.4) is 0 Å². The van der Waals surface area contributed by atoms with Crippen molar-refractivity contribution in [2.45, 2.75) is 6.42 Å². The molecule has 0 fully saturated rings. The van der Waals surface area contributed by atoms with Crippen molar-refractivity contribution >= 4 is 54.1 Å². The van der Waals surface area contributed by atoms with E-state index in [9.17, 15) is 9.90 Å². The van der Waals surface area contributed by atoms with Crippen molar-refractivity contribution in [3.05, 3.63) is 56.3 Å². The normalized spacial score (nSPS) is 11.9. The highest BCUT2D eigenvalue weighted by Crippen LogP contribution is 2.32. The van der Waals surface area contributed by atoms with Crippen LogP contribution >= 0.6 is 43.2 Å². The van der Waals surface area contributed by atoms with E-state index in [0.29, 0.717) is 0 Å². The number of aromatic nitrogens is 2. The van der Waals surface area contributed by atoms with Gasteiger partial charge in [-0.05, 0) is 12.1 Å². The van der Waals surface area contributed by atoms with Crippen LogP contribution < -0.4 is 0 Å². The lowest BCUT2D eigenvalue weighted by atomic mass is 10.1. The number of thiazole rings is 1. The molecule has 0 atom stereocenters. The predicted octanol–water partition coefficient (Wildman–Crippen LogP) is 4.75. The summed E-state index contributed by atoms with van der Waals surface area (Å²) in [6.07, 6.45) is 3.44. The summed E-state index contributed by atoms with van der Waals surface area (Å²) in [5.41, 5.74) is 2.85. The van der Waals surface area contributed by atoms with Gasteiger partial charge in [0.25, 0.3) is 0 Å². The smallest absolute Gasteiger partial charge is 0.335 e. The number of hydrogen-bond donors (Lipinski definition) is 1. The van der Waals surface area contributed by atoms with Crippen molar-refractivity contribution in [3.8, 4) is 11.3 Å². The van der Waals surface area contributed by atoms with E-state index in [1.807, 2.05) is 34.2 Å². The first-order valence-electron chi connectivity index (χ1n) is 6.85. The standard InChI is InChI=1S/C16H12Br2N2O3S/c1-23-7-9(15(21)22)4-11-8-24-16-19-14(6-20(11)16)12-3-2-10(17)5-13(12)18/h2-3,5-8H,4H2,1H3,(H,21,22)/b9-7-. The van der Waals surface area contributed by atoms with Gasteiger partial charge < -0.3 is 9.84 Å². The average Bonchev–Trinajstić information content (AvgIpc) is 3.08. The number of carboxylic acids is 1.